The first-order chi connectivity index (χ1) is 13.2. The summed E-state index contributed by atoms with van der Waals surface area (Å²) in [5.41, 5.74) is 2.23. The summed E-state index contributed by atoms with van der Waals surface area (Å²) in [5.74, 6) is 0.0509. The fourth-order valence-electron chi connectivity index (χ4n) is 3.09. The lowest BCUT2D eigenvalue weighted by molar-refractivity contribution is -0.120. The Labute approximate surface area is 164 Å². The van der Waals surface area contributed by atoms with Crippen LogP contribution >= 0.6 is 11.3 Å². The molecule has 1 amide bonds. The molecule has 0 aliphatic carbocycles. The second-order valence-corrected chi connectivity index (χ2v) is 7.68. The van der Waals surface area contributed by atoms with Crippen LogP contribution in [0.2, 0.25) is 0 Å². The number of ether oxygens (including phenoxy) is 1. The molecule has 0 fully saturated rings. The van der Waals surface area contributed by atoms with Crippen molar-refractivity contribution in [1.29, 1.82) is 0 Å². The molecule has 0 spiro atoms. The maximum absolute atomic E-state index is 12.2. The summed E-state index contributed by atoms with van der Waals surface area (Å²) in [6, 6.07) is 14.8. The van der Waals surface area contributed by atoms with E-state index >= 15 is 0 Å². The fourth-order valence-corrected chi connectivity index (χ4v) is 4.18. The molecule has 0 bridgehead atoms. The van der Waals surface area contributed by atoms with E-state index in [0.29, 0.717) is 26.2 Å². The van der Waals surface area contributed by atoms with Gasteiger partial charge in [-0.2, -0.15) is 0 Å². The Kier molecular flexibility index (Phi) is 6.96. The maximum Gasteiger partial charge on any atom is 0.225 e. The number of aromatic nitrogens is 1. The average Bonchev–Trinajstić information content (AvgIpc) is 3.01. The number of fused-ring (bicyclic) bond motifs is 1. The lowest BCUT2D eigenvalue weighted by Crippen LogP contribution is -2.26. The Morgan fingerprint density at radius 2 is 2.00 bits per heavy atom. The Morgan fingerprint density at radius 3 is 2.85 bits per heavy atom. The van der Waals surface area contributed by atoms with Crippen molar-refractivity contribution in [3.63, 3.8) is 0 Å². The molecule has 1 N–H and O–H groups in total. The van der Waals surface area contributed by atoms with Gasteiger partial charge in [0.25, 0.3) is 0 Å². The van der Waals surface area contributed by atoms with Gasteiger partial charge in [0.2, 0.25) is 5.91 Å². The van der Waals surface area contributed by atoms with E-state index in [1.165, 1.54) is 16.3 Å². The SMILES string of the molecule is CCOCCCNC(=O)Cc1sc(Cc2cccc3ccccc23)nc1C. The van der Waals surface area contributed by atoms with Gasteiger partial charge in [0, 0.05) is 31.1 Å². The number of rotatable bonds is 9. The number of nitrogens with zero attached hydrogens (tertiary/aromatic N) is 1. The van der Waals surface area contributed by atoms with Gasteiger partial charge in [0.05, 0.1) is 17.1 Å². The molecule has 0 atom stereocenters. The summed E-state index contributed by atoms with van der Waals surface area (Å²) in [5, 5.41) is 6.53. The van der Waals surface area contributed by atoms with Gasteiger partial charge < -0.3 is 10.1 Å². The van der Waals surface area contributed by atoms with Gasteiger partial charge in [0.15, 0.2) is 0 Å². The highest BCUT2D eigenvalue weighted by Gasteiger charge is 2.13. The number of hydrogen-bond donors (Lipinski definition) is 1. The Balaban J connectivity index is 1.61. The summed E-state index contributed by atoms with van der Waals surface area (Å²) in [6.07, 6.45) is 2.03. The molecule has 0 radical (unpaired) electrons. The van der Waals surface area contributed by atoms with Crippen molar-refractivity contribution >= 4 is 28.0 Å². The highest BCUT2D eigenvalue weighted by molar-refractivity contribution is 7.11. The molecule has 0 aliphatic rings. The van der Waals surface area contributed by atoms with Crippen LogP contribution in [0.1, 0.15) is 34.5 Å². The molecular formula is C22H26N2O2S. The quantitative estimate of drug-likeness (QED) is 0.562. The zero-order chi connectivity index (χ0) is 19.1. The summed E-state index contributed by atoms with van der Waals surface area (Å²) in [7, 11) is 0. The Bertz CT molecular complexity index is 899. The first-order valence-corrected chi connectivity index (χ1v) is 10.2. The fraction of sp³-hybridized carbons (Fsp3) is 0.364. The zero-order valence-corrected chi connectivity index (χ0v) is 16.8. The van der Waals surface area contributed by atoms with Crippen LogP contribution in [0.3, 0.4) is 0 Å². The molecule has 0 unspecified atom stereocenters. The van der Waals surface area contributed by atoms with Crippen molar-refractivity contribution in [2.24, 2.45) is 0 Å². The maximum atomic E-state index is 12.2. The topological polar surface area (TPSA) is 51.2 Å². The Hall–Kier alpha value is -2.24. The third-order valence-electron chi connectivity index (χ3n) is 4.47. The number of carbonyl (C=O) groups excluding carboxylic acids is 1. The first kappa shape index (κ1) is 19.5. The standard InChI is InChI=1S/C22H26N2O2S/c1-3-26-13-7-12-23-21(25)15-20-16(2)24-22(27-20)14-18-10-6-9-17-8-4-5-11-19(17)18/h4-6,8-11H,3,7,12-15H2,1-2H3,(H,23,25). The van der Waals surface area contributed by atoms with E-state index in [9.17, 15) is 4.79 Å². The molecular weight excluding hydrogens is 356 g/mol. The molecule has 142 valence electrons. The van der Waals surface area contributed by atoms with E-state index in [0.717, 1.165) is 28.4 Å². The van der Waals surface area contributed by atoms with Gasteiger partial charge in [-0.05, 0) is 36.6 Å². The van der Waals surface area contributed by atoms with Gasteiger partial charge in [0.1, 0.15) is 0 Å². The van der Waals surface area contributed by atoms with Crippen molar-refractivity contribution in [1.82, 2.24) is 10.3 Å². The molecule has 2 aromatic carbocycles. The molecule has 3 aromatic rings. The lowest BCUT2D eigenvalue weighted by Gasteiger charge is -2.05. The van der Waals surface area contributed by atoms with Gasteiger partial charge in [-0.1, -0.05) is 42.5 Å². The number of nitrogens with one attached hydrogen (secondary N) is 1. The van der Waals surface area contributed by atoms with Crippen molar-refractivity contribution < 1.29 is 9.53 Å². The minimum Gasteiger partial charge on any atom is -0.382 e. The van der Waals surface area contributed by atoms with Gasteiger partial charge in [-0.3, -0.25) is 4.79 Å². The molecule has 1 aromatic heterocycles. The summed E-state index contributed by atoms with van der Waals surface area (Å²) in [4.78, 5) is 17.9. The highest BCUT2D eigenvalue weighted by atomic mass is 32.1. The monoisotopic (exact) mass is 382 g/mol. The zero-order valence-electron chi connectivity index (χ0n) is 16.0. The number of carbonyl (C=O) groups is 1. The Morgan fingerprint density at radius 1 is 1.19 bits per heavy atom. The molecule has 5 heteroatoms. The molecule has 0 saturated heterocycles. The van der Waals surface area contributed by atoms with E-state index in [-0.39, 0.29) is 5.91 Å². The predicted octanol–water partition coefficient (Wildman–Crippen LogP) is 4.28. The average molecular weight is 383 g/mol. The molecule has 1 heterocycles. The van der Waals surface area contributed by atoms with Crippen LogP contribution in [-0.2, 0) is 22.4 Å². The van der Waals surface area contributed by atoms with Crippen molar-refractivity contribution in [2.75, 3.05) is 19.8 Å². The third kappa shape index (κ3) is 5.37. The number of benzene rings is 2. The second-order valence-electron chi connectivity index (χ2n) is 6.51. The molecule has 4 nitrogen and oxygen atoms in total. The van der Waals surface area contributed by atoms with Crippen molar-refractivity contribution in [2.45, 2.75) is 33.1 Å². The van der Waals surface area contributed by atoms with Crippen LogP contribution in [0.5, 0.6) is 0 Å². The van der Waals surface area contributed by atoms with E-state index in [1.54, 1.807) is 11.3 Å². The van der Waals surface area contributed by atoms with E-state index in [1.807, 2.05) is 13.8 Å². The predicted molar refractivity (Wildman–Crippen MR) is 111 cm³/mol. The van der Waals surface area contributed by atoms with Gasteiger partial charge >= 0.3 is 0 Å². The van der Waals surface area contributed by atoms with Crippen molar-refractivity contribution in [3.05, 3.63) is 63.6 Å². The molecule has 3 rings (SSSR count). The summed E-state index contributed by atoms with van der Waals surface area (Å²) >= 11 is 1.64. The van der Waals surface area contributed by atoms with Crippen LogP contribution in [0.15, 0.2) is 42.5 Å². The van der Waals surface area contributed by atoms with Crippen LogP contribution in [0.4, 0.5) is 0 Å². The highest BCUT2D eigenvalue weighted by Crippen LogP contribution is 2.25. The van der Waals surface area contributed by atoms with Crippen LogP contribution < -0.4 is 5.32 Å². The smallest absolute Gasteiger partial charge is 0.225 e. The number of amides is 1. The molecule has 0 aliphatic heterocycles. The normalized spacial score (nSPS) is 11.0. The van der Waals surface area contributed by atoms with Crippen molar-refractivity contribution in [3.8, 4) is 0 Å². The van der Waals surface area contributed by atoms with E-state index < -0.39 is 0 Å². The minimum absolute atomic E-state index is 0.0509. The second kappa shape index (κ2) is 9.62. The summed E-state index contributed by atoms with van der Waals surface area (Å²) < 4.78 is 5.28. The lowest BCUT2D eigenvalue weighted by atomic mass is 10.0. The molecule has 0 saturated carbocycles. The molecule has 27 heavy (non-hydrogen) atoms. The van der Waals surface area contributed by atoms with E-state index in [2.05, 4.69) is 47.8 Å². The van der Waals surface area contributed by atoms with Crippen LogP contribution in [0.25, 0.3) is 10.8 Å². The van der Waals surface area contributed by atoms with Gasteiger partial charge in [-0.25, -0.2) is 4.98 Å². The number of thiazole rings is 1. The van der Waals surface area contributed by atoms with Crippen LogP contribution in [-0.4, -0.2) is 30.6 Å². The largest absolute Gasteiger partial charge is 0.382 e. The third-order valence-corrected chi connectivity index (χ3v) is 5.63. The number of aryl methyl sites for hydroxylation is 1. The summed E-state index contributed by atoms with van der Waals surface area (Å²) in [6.45, 7) is 6.01. The van der Waals surface area contributed by atoms with Gasteiger partial charge in [-0.15, -0.1) is 11.3 Å². The minimum atomic E-state index is 0.0509. The van der Waals surface area contributed by atoms with E-state index in [4.69, 9.17) is 9.72 Å². The first-order valence-electron chi connectivity index (χ1n) is 9.43. The van der Waals surface area contributed by atoms with Crippen LogP contribution in [0, 0.1) is 6.92 Å². The number of hydrogen-bond acceptors (Lipinski definition) is 4.